The lowest BCUT2D eigenvalue weighted by molar-refractivity contribution is 0.171. The molecule has 0 bridgehead atoms. The van der Waals surface area contributed by atoms with E-state index >= 15 is 0 Å². The molecule has 1 aromatic rings. The zero-order valence-electron chi connectivity index (χ0n) is 10.7. The zero-order chi connectivity index (χ0) is 12.7. The summed E-state index contributed by atoms with van der Waals surface area (Å²) in [5.41, 5.74) is 3.32. The Kier molecular flexibility index (Phi) is 5.64. The summed E-state index contributed by atoms with van der Waals surface area (Å²) in [5.74, 6) is -0.206. The second kappa shape index (κ2) is 7.02. The molecule has 0 aliphatic rings. The van der Waals surface area contributed by atoms with Gasteiger partial charge in [0, 0.05) is 6.61 Å². The van der Waals surface area contributed by atoms with Crippen LogP contribution >= 0.6 is 0 Å². The summed E-state index contributed by atoms with van der Waals surface area (Å²) < 4.78 is 18.0. The summed E-state index contributed by atoms with van der Waals surface area (Å²) in [6.45, 7) is 7.43. The van der Waals surface area contributed by atoms with Crippen molar-refractivity contribution in [3.63, 3.8) is 0 Å². The highest BCUT2D eigenvalue weighted by atomic mass is 19.1. The Morgan fingerprint density at radius 2 is 1.88 bits per heavy atom. The molecule has 0 aliphatic carbocycles. The second-order valence-corrected chi connectivity index (χ2v) is 4.07. The molecule has 0 radical (unpaired) electrons. The lowest BCUT2D eigenvalue weighted by Gasteiger charge is -2.02. The van der Waals surface area contributed by atoms with Crippen molar-refractivity contribution >= 4 is 6.08 Å². The van der Waals surface area contributed by atoms with Gasteiger partial charge in [-0.05, 0) is 44.0 Å². The van der Waals surface area contributed by atoms with Gasteiger partial charge < -0.3 is 4.74 Å². The molecule has 0 aliphatic heterocycles. The fourth-order valence-corrected chi connectivity index (χ4v) is 1.56. The molecule has 0 heterocycles. The Bertz CT molecular complexity index is 401. The van der Waals surface area contributed by atoms with Crippen molar-refractivity contribution in [2.24, 2.45) is 0 Å². The van der Waals surface area contributed by atoms with Crippen molar-refractivity contribution in [2.75, 3.05) is 13.2 Å². The Balaban J connectivity index is 2.68. The molecular formula is C15H19FO. The summed E-state index contributed by atoms with van der Waals surface area (Å²) in [5, 5.41) is 0. The van der Waals surface area contributed by atoms with Gasteiger partial charge in [0.05, 0.1) is 6.61 Å². The Morgan fingerprint density at radius 1 is 1.24 bits per heavy atom. The first kappa shape index (κ1) is 13.7. The van der Waals surface area contributed by atoms with Crippen LogP contribution in [-0.2, 0) is 4.74 Å². The van der Waals surface area contributed by atoms with Crippen LogP contribution in [0.4, 0.5) is 4.39 Å². The van der Waals surface area contributed by atoms with Crippen LogP contribution in [0.1, 0.15) is 26.3 Å². The lowest BCUT2D eigenvalue weighted by Crippen LogP contribution is -1.94. The molecular weight excluding hydrogens is 215 g/mol. The lowest BCUT2D eigenvalue weighted by atomic mass is 10.1. The van der Waals surface area contributed by atoms with Gasteiger partial charge in [-0.2, -0.15) is 0 Å². The summed E-state index contributed by atoms with van der Waals surface area (Å²) in [6, 6.07) is 6.47. The van der Waals surface area contributed by atoms with Gasteiger partial charge in [0.15, 0.2) is 0 Å². The van der Waals surface area contributed by atoms with Gasteiger partial charge in [-0.25, -0.2) is 4.39 Å². The number of hydrogen-bond donors (Lipinski definition) is 0. The molecule has 0 fully saturated rings. The Hall–Kier alpha value is -1.41. The highest BCUT2D eigenvalue weighted by molar-refractivity contribution is 5.55. The molecule has 0 N–H and O–H groups in total. The van der Waals surface area contributed by atoms with Crippen molar-refractivity contribution in [3.05, 3.63) is 52.9 Å². The van der Waals surface area contributed by atoms with Gasteiger partial charge >= 0.3 is 0 Å². The summed E-state index contributed by atoms with van der Waals surface area (Å²) in [4.78, 5) is 0. The maximum atomic E-state index is 12.7. The Labute approximate surface area is 103 Å². The maximum absolute atomic E-state index is 12.7. The minimum Gasteiger partial charge on any atom is -0.377 e. The third-order valence-corrected chi connectivity index (χ3v) is 2.27. The van der Waals surface area contributed by atoms with E-state index < -0.39 is 0 Å². The van der Waals surface area contributed by atoms with Crippen LogP contribution < -0.4 is 0 Å². The maximum Gasteiger partial charge on any atom is 0.123 e. The predicted octanol–water partition coefficient (Wildman–Crippen LogP) is 4.21. The number of allylic oxidation sites excluding steroid dienone is 2. The van der Waals surface area contributed by atoms with Gasteiger partial charge in [-0.3, -0.25) is 0 Å². The largest absolute Gasteiger partial charge is 0.377 e. The van der Waals surface area contributed by atoms with Crippen LogP contribution in [0.3, 0.4) is 0 Å². The molecule has 2 heteroatoms. The van der Waals surface area contributed by atoms with Gasteiger partial charge in [0.25, 0.3) is 0 Å². The van der Waals surface area contributed by atoms with Gasteiger partial charge in [-0.1, -0.05) is 29.9 Å². The van der Waals surface area contributed by atoms with Gasteiger partial charge in [-0.15, -0.1) is 0 Å². The molecule has 1 rings (SSSR count). The monoisotopic (exact) mass is 234 g/mol. The SMILES string of the molecule is CCOC/C(C)=C/C(C)=C/c1ccc(F)cc1. The second-order valence-electron chi connectivity index (χ2n) is 4.07. The normalized spacial score (nSPS) is 12.9. The van der Waals surface area contributed by atoms with Crippen molar-refractivity contribution < 1.29 is 9.13 Å². The molecule has 92 valence electrons. The fraction of sp³-hybridized carbons (Fsp3) is 0.333. The van der Waals surface area contributed by atoms with E-state index in [9.17, 15) is 4.39 Å². The van der Waals surface area contributed by atoms with E-state index in [1.54, 1.807) is 12.1 Å². The van der Waals surface area contributed by atoms with E-state index in [2.05, 4.69) is 6.08 Å². The highest BCUT2D eigenvalue weighted by Crippen LogP contribution is 2.10. The standard InChI is InChI=1S/C15H19FO/c1-4-17-11-13(3)9-12(2)10-14-5-7-15(16)8-6-14/h5-10H,4,11H2,1-3H3/b12-10+,13-9+. The molecule has 0 saturated carbocycles. The third kappa shape index (κ3) is 5.45. The van der Waals surface area contributed by atoms with E-state index in [0.29, 0.717) is 6.61 Å². The molecule has 0 spiro atoms. The van der Waals surface area contributed by atoms with E-state index in [1.165, 1.54) is 17.7 Å². The summed E-state index contributed by atoms with van der Waals surface area (Å²) in [6.07, 6.45) is 4.11. The smallest absolute Gasteiger partial charge is 0.123 e. The average molecular weight is 234 g/mol. The van der Waals surface area contributed by atoms with Crippen LogP contribution in [0, 0.1) is 5.82 Å². The number of rotatable bonds is 5. The Morgan fingerprint density at radius 3 is 2.47 bits per heavy atom. The molecule has 0 saturated heterocycles. The van der Waals surface area contributed by atoms with Crippen LogP contribution in [0.5, 0.6) is 0 Å². The number of benzene rings is 1. The molecule has 0 atom stereocenters. The van der Waals surface area contributed by atoms with Crippen molar-refractivity contribution in [3.8, 4) is 0 Å². The van der Waals surface area contributed by atoms with Crippen molar-refractivity contribution in [1.82, 2.24) is 0 Å². The predicted molar refractivity (Wildman–Crippen MR) is 70.3 cm³/mol. The number of halogens is 1. The first-order chi connectivity index (χ1) is 8.11. The number of ether oxygens (including phenoxy) is 1. The van der Waals surface area contributed by atoms with Crippen LogP contribution in [-0.4, -0.2) is 13.2 Å². The van der Waals surface area contributed by atoms with E-state index in [-0.39, 0.29) is 5.82 Å². The first-order valence-electron chi connectivity index (χ1n) is 5.80. The summed E-state index contributed by atoms with van der Waals surface area (Å²) in [7, 11) is 0. The zero-order valence-corrected chi connectivity index (χ0v) is 10.7. The quantitative estimate of drug-likeness (QED) is 0.693. The fourth-order valence-electron chi connectivity index (χ4n) is 1.56. The molecule has 0 aromatic heterocycles. The van der Waals surface area contributed by atoms with Crippen LogP contribution in [0.2, 0.25) is 0 Å². The number of hydrogen-bond acceptors (Lipinski definition) is 1. The molecule has 1 nitrogen and oxygen atoms in total. The minimum absolute atomic E-state index is 0.206. The summed E-state index contributed by atoms with van der Waals surface area (Å²) >= 11 is 0. The molecule has 0 amide bonds. The molecule has 1 aromatic carbocycles. The average Bonchev–Trinajstić information content (AvgIpc) is 2.29. The minimum atomic E-state index is -0.206. The van der Waals surface area contributed by atoms with Crippen LogP contribution in [0.15, 0.2) is 41.5 Å². The molecule has 17 heavy (non-hydrogen) atoms. The van der Waals surface area contributed by atoms with E-state index in [4.69, 9.17) is 4.74 Å². The van der Waals surface area contributed by atoms with Gasteiger partial charge in [0.1, 0.15) is 5.82 Å². The van der Waals surface area contributed by atoms with E-state index in [0.717, 1.165) is 17.7 Å². The van der Waals surface area contributed by atoms with Crippen molar-refractivity contribution in [1.29, 1.82) is 0 Å². The topological polar surface area (TPSA) is 9.23 Å². The van der Waals surface area contributed by atoms with Crippen LogP contribution in [0.25, 0.3) is 6.08 Å². The first-order valence-corrected chi connectivity index (χ1v) is 5.80. The third-order valence-electron chi connectivity index (χ3n) is 2.27. The van der Waals surface area contributed by atoms with Gasteiger partial charge in [0.2, 0.25) is 0 Å². The van der Waals surface area contributed by atoms with Crippen molar-refractivity contribution in [2.45, 2.75) is 20.8 Å². The van der Waals surface area contributed by atoms with E-state index in [1.807, 2.05) is 26.8 Å². The highest BCUT2D eigenvalue weighted by Gasteiger charge is 1.93. The molecule has 0 unspecified atom stereocenters.